The summed E-state index contributed by atoms with van der Waals surface area (Å²) in [7, 11) is 0. The van der Waals surface area contributed by atoms with Crippen molar-refractivity contribution in [3.8, 4) is 0 Å². The van der Waals surface area contributed by atoms with Gasteiger partial charge in [0.15, 0.2) is 0 Å². The fourth-order valence-electron chi connectivity index (χ4n) is 3.20. The van der Waals surface area contributed by atoms with E-state index in [1.54, 1.807) is 18.2 Å². The molecule has 2 aromatic carbocycles. The van der Waals surface area contributed by atoms with Gasteiger partial charge < -0.3 is 4.90 Å². The van der Waals surface area contributed by atoms with Crippen LogP contribution < -0.4 is 4.90 Å². The Morgan fingerprint density at radius 3 is 2.16 bits per heavy atom. The van der Waals surface area contributed by atoms with Gasteiger partial charge in [-0.1, -0.05) is 18.2 Å². The smallest absolute Gasteiger partial charge is 0.369 e. The summed E-state index contributed by atoms with van der Waals surface area (Å²) in [5, 5.41) is 0. The summed E-state index contributed by atoms with van der Waals surface area (Å²) >= 11 is 0. The molecule has 6 heteroatoms. The van der Waals surface area contributed by atoms with Crippen LogP contribution >= 0.6 is 0 Å². The average Bonchev–Trinajstić information content (AvgIpc) is 2.61. The van der Waals surface area contributed by atoms with Gasteiger partial charge in [-0.05, 0) is 42.8 Å². The number of hydrogen-bond donors (Lipinski definition) is 0. The van der Waals surface area contributed by atoms with Crippen LogP contribution in [0.15, 0.2) is 48.5 Å². The molecule has 0 amide bonds. The summed E-state index contributed by atoms with van der Waals surface area (Å²) in [6, 6.07) is 12.1. The zero-order chi connectivity index (χ0) is 18.0. The molecule has 1 aliphatic rings. The Bertz CT molecular complexity index is 704. The molecule has 0 radical (unpaired) electrons. The second-order valence-corrected chi connectivity index (χ2v) is 6.30. The van der Waals surface area contributed by atoms with E-state index in [1.807, 2.05) is 4.90 Å². The van der Waals surface area contributed by atoms with Crippen LogP contribution in [-0.4, -0.2) is 31.1 Å². The van der Waals surface area contributed by atoms with Crippen molar-refractivity contribution in [1.29, 1.82) is 0 Å². The van der Waals surface area contributed by atoms with Gasteiger partial charge in [0, 0.05) is 37.9 Å². The predicted octanol–water partition coefficient (Wildman–Crippen LogP) is 4.73. The van der Waals surface area contributed by atoms with E-state index in [0.717, 1.165) is 24.7 Å². The van der Waals surface area contributed by atoms with Crippen molar-refractivity contribution < 1.29 is 17.6 Å². The molecule has 2 nitrogen and oxygen atoms in total. The van der Waals surface area contributed by atoms with Crippen LogP contribution in [0.1, 0.15) is 24.1 Å². The molecule has 0 saturated carbocycles. The fraction of sp³-hybridized carbons (Fsp3) is 0.368. The highest BCUT2D eigenvalue weighted by Gasteiger charge is 2.31. The first-order valence-corrected chi connectivity index (χ1v) is 8.26. The maximum Gasteiger partial charge on any atom is 0.416 e. The highest BCUT2D eigenvalue weighted by molar-refractivity contribution is 5.49. The van der Waals surface area contributed by atoms with E-state index < -0.39 is 11.7 Å². The Hall–Kier alpha value is -2.08. The van der Waals surface area contributed by atoms with E-state index in [0.29, 0.717) is 18.8 Å². The molecule has 0 spiro atoms. The van der Waals surface area contributed by atoms with E-state index in [-0.39, 0.29) is 11.9 Å². The summed E-state index contributed by atoms with van der Waals surface area (Å²) in [6.07, 6.45) is -4.32. The molecule has 1 saturated heterocycles. The zero-order valence-electron chi connectivity index (χ0n) is 13.9. The van der Waals surface area contributed by atoms with Gasteiger partial charge in [-0.3, -0.25) is 4.90 Å². The van der Waals surface area contributed by atoms with Gasteiger partial charge in [0.2, 0.25) is 0 Å². The number of hydrogen-bond acceptors (Lipinski definition) is 2. The molecule has 1 fully saturated rings. The Morgan fingerprint density at radius 2 is 1.56 bits per heavy atom. The normalized spacial score (nSPS) is 17.6. The fourth-order valence-corrected chi connectivity index (χ4v) is 3.20. The van der Waals surface area contributed by atoms with E-state index in [1.165, 1.54) is 24.3 Å². The summed E-state index contributed by atoms with van der Waals surface area (Å²) in [6.45, 7) is 4.87. The Morgan fingerprint density at radius 1 is 0.920 bits per heavy atom. The summed E-state index contributed by atoms with van der Waals surface area (Å²) < 4.78 is 51.6. The van der Waals surface area contributed by atoms with Gasteiger partial charge in [0.25, 0.3) is 0 Å². The summed E-state index contributed by atoms with van der Waals surface area (Å²) in [5.74, 6) is -0.259. The molecule has 25 heavy (non-hydrogen) atoms. The largest absolute Gasteiger partial charge is 0.416 e. The van der Waals surface area contributed by atoms with E-state index in [2.05, 4.69) is 11.8 Å². The van der Waals surface area contributed by atoms with Crippen LogP contribution in [0.4, 0.5) is 23.2 Å². The number of anilines is 1. The number of halogens is 4. The van der Waals surface area contributed by atoms with Crippen molar-refractivity contribution in [2.45, 2.75) is 19.1 Å². The minimum Gasteiger partial charge on any atom is -0.369 e. The summed E-state index contributed by atoms with van der Waals surface area (Å²) in [5.41, 5.74) is 1.02. The monoisotopic (exact) mass is 352 g/mol. The molecule has 1 heterocycles. The van der Waals surface area contributed by atoms with Gasteiger partial charge in [-0.25, -0.2) is 4.39 Å². The molecule has 0 N–H and O–H groups in total. The lowest BCUT2D eigenvalue weighted by molar-refractivity contribution is -0.137. The lowest BCUT2D eigenvalue weighted by atomic mass is 10.1. The lowest BCUT2D eigenvalue weighted by Crippen LogP contribution is -2.47. The third kappa shape index (κ3) is 4.12. The Labute approximate surface area is 144 Å². The quantitative estimate of drug-likeness (QED) is 0.737. The maximum absolute atomic E-state index is 13.0. The second-order valence-electron chi connectivity index (χ2n) is 6.30. The average molecular weight is 352 g/mol. The third-order valence-electron chi connectivity index (χ3n) is 4.75. The van der Waals surface area contributed by atoms with Crippen LogP contribution in [-0.2, 0) is 6.18 Å². The molecule has 0 aliphatic carbocycles. The first kappa shape index (κ1) is 17.7. The molecule has 0 aromatic heterocycles. The van der Waals surface area contributed by atoms with Crippen LogP contribution in [0.3, 0.4) is 0 Å². The van der Waals surface area contributed by atoms with Gasteiger partial charge in [0.1, 0.15) is 5.82 Å². The molecular formula is C19H20F4N2. The number of piperazine rings is 1. The highest BCUT2D eigenvalue weighted by Crippen LogP contribution is 2.32. The van der Waals surface area contributed by atoms with Crippen molar-refractivity contribution >= 4 is 5.69 Å². The minimum atomic E-state index is -4.32. The minimum absolute atomic E-state index is 0.143. The van der Waals surface area contributed by atoms with E-state index in [4.69, 9.17) is 0 Å². The van der Waals surface area contributed by atoms with Gasteiger partial charge in [-0.15, -0.1) is 0 Å². The first-order chi connectivity index (χ1) is 11.8. The third-order valence-corrected chi connectivity index (χ3v) is 4.75. The van der Waals surface area contributed by atoms with Crippen molar-refractivity contribution in [1.82, 2.24) is 4.90 Å². The molecule has 1 aliphatic heterocycles. The van der Waals surface area contributed by atoms with Crippen molar-refractivity contribution in [3.63, 3.8) is 0 Å². The zero-order valence-corrected chi connectivity index (χ0v) is 13.9. The van der Waals surface area contributed by atoms with Crippen molar-refractivity contribution in [2.24, 2.45) is 0 Å². The van der Waals surface area contributed by atoms with E-state index >= 15 is 0 Å². The highest BCUT2D eigenvalue weighted by atomic mass is 19.4. The van der Waals surface area contributed by atoms with Crippen LogP contribution in [0.25, 0.3) is 0 Å². The topological polar surface area (TPSA) is 6.48 Å². The van der Waals surface area contributed by atoms with Gasteiger partial charge >= 0.3 is 6.18 Å². The van der Waals surface area contributed by atoms with Crippen LogP contribution in [0.2, 0.25) is 0 Å². The SMILES string of the molecule is CC(c1ccc(F)cc1)N1CCN(c2cccc(C(F)(F)F)c2)CC1. The van der Waals surface area contributed by atoms with Crippen molar-refractivity contribution in [3.05, 3.63) is 65.5 Å². The molecule has 134 valence electrons. The van der Waals surface area contributed by atoms with E-state index in [9.17, 15) is 17.6 Å². The first-order valence-electron chi connectivity index (χ1n) is 8.26. The lowest BCUT2D eigenvalue weighted by Gasteiger charge is -2.39. The number of benzene rings is 2. The van der Waals surface area contributed by atoms with Crippen LogP contribution in [0, 0.1) is 5.82 Å². The summed E-state index contributed by atoms with van der Waals surface area (Å²) in [4.78, 5) is 4.24. The number of nitrogens with zero attached hydrogens (tertiary/aromatic N) is 2. The maximum atomic E-state index is 13.0. The van der Waals surface area contributed by atoms with Gasteiger partial charge in [0.05, 0.1) is 5.56 Å². The number of alkyl halides is 3. The Balaban J connectivity index is 1.65. The molecule has 3 rings (SSSR count). The molecular weight excluding hydrogens is 332 g/mol. The standard InChI is InChI=1S/C19H20F4N2/c1-14(15-5-7-17(20)8-6-15)24-9-11-25(12-10-24)18-4-2-3-16(13-18)19(21,22)23/h2-8,13-14H,9-12H2,1H3. The van der Waals surface area contributed by atoms with Crippen molar-refractivity contribution in [2.75, 3.05) is 31.1 Å². The molecule has 1 atom stereocenters. The Kier molecular flexibility index (Phi) is 4.99. The molecule has 0 bridgehead atoms. The second kappa shape index (κ2) is 7.04. The van der Waals surface area contributed by atoms with Crippen LogP contribution in [0.5, 0.6) is 0 Å². The molecule has 1 unspecified atom stereocenters. The molecule has 2 aromatic rings. The number of rotatable bonds is 3. The van der Waals surface area contributed by atoms with Gasteiger partial charge in [-0.2, -0.15) is 13.2 Å². The predicted molar refractivity (Wildman–Crippen MR) is 90.0 cm³/mol.